The Kier molecular flexibility index (Phi) is 4.77. The number of hydrogen-bond donors (Lipinski definition) is 0. The Bertz CT molecular complexity index is 644. The highest BCUT2D eigenvalue weighted by molar-refractivity contribution is 6.05. The lowest BCUT2D eigenvalue weighted by Crippen LogP contribution is -1.96. The standard InChI is InChI=1S/C22H26/c1-3-5-11-17-19-13-7-9-15-21(19)18(12-6-4-2)22-16-10-8-14-20(17)22/h7-10,13-16H,3-6,11-12H2,1-2H3. The van der Waals surface area contributed by atoms with Gasteiger partial charge in [0.1, 0.15) is 0 Å². The van der Waals surface area contributed by atoms with Gasteiger partial charge in [0.2, 0.25) is 0 Å². The van der Waals surface area contributed by atoms with Gasteiger partial charge in [-0.05, 0) is 58.4 Å². The van der Waals surface area contributed by atoms with Crippen molar-refractivity contribution in [1.82, 2.24) is 0 Å². The number of benzene rings is 3. The minimum absolute atomic E-state index is 1.19. The fraction of sp³-hybridized carbons (Fsp3) is 0.364. The monoisotopic (exact) mass is 290 g/mol. The molecule has 0 aromatic heterocycles. The molecular weight excluding hydrogens is 264 g/mol. The Morgan fingerprint density at radius 3 is 1.14 bits per heavy atom. The van der Waals surface area contributed by atoms with Gasteiger partial charge in [0.15, 0.2) is 0 Å². The van der Waals surface area contributed by atoms with Crippen LogP contribution in [0.4, 0.5) is 0 Å². The highest BCUT2D eigenvalue weighted by atomic mass is 14.2. The molecule has 0 unspecified atom stereocenters. The highest BCUT2D eigenvalue weighted by Crippen LogP contribution is 2.34. The molecule has 0 atom stereocenters. The van der Waals surface area contributed by atoms with Crippen molar-refractivity contribution in [2.24, 2.45) is 0 Å². The van der Waals surface area contributed by atoms with Gasteiger partial charge in [-0.3, -0.25) is 0 Å². The molecule has 0 aliphatic heterocycles. The van der Waals surface area contributed by atoms with E-state index in [0.29, 0.717) is 0 Å². The van der Waals surface area contributed by atoms with E-state index in [1.807, 2.05) is 0 Å². The zero-order valence-corrected chi connectivity index (χ0v) is 13.9. The Hall–Kier alpha value is -1.82. The molecule has 0 radical (unpaired) electrons. The molecule has 0 fully saturated rings. The summed E-state index contributed by atoms with van der Waals surface area (Å²) < 4.78 is 0. The van der Waals surface area contributed by atoms with E-state index in [1.54, 1.807) is 11.1 Å². The van der Waals surface area contributed by atoms with E-state index in [1.165, 1.54) is 60.1 Å². The number of fused-ring (bicyclic) bond motifs is 2. The van der Waals surface area contributed by atoms with Crippen molar-refractivity contribution in [2.45, 2.75) is 52.4 Å². The van der Waals surface area contributed by atoms with Crippen LogP contribution >= 0.6 is 0 Å². The Balaban J connectivity index is 2.32. The summed E-state index contributed by atoms with van der Waals surface area (Å²) >= 11 is 0. The predicted octanol–water partition coefficient (Wildman–Crippen LogP) is 6.68. The van der Waals surface area contributed by atoms with Gasteiger partial charge < -0.3 is 0 Å². The van der Waals surface area contributed by atoms with E-state index >= 15 is 0 Å². The lowest BCUT2D eigenvalue weighted by molar-refractivity contribution is 0.797. The highest BCUT2D eigenvalue weighted by Gasteiger charge is 2.12. The van der Waals surface area contributed by atoms with Gasteiger partial charge in [-0.15, -0.1) is 0 Å². The second-order valence-electron chi connectivity index (χ2n) is 6.26. The lowest BCUT2D eigenvalue weighted by Gasteiger charge is -2.16. The van der Waals surface area contributed by atoms with Gasteiger partial charge in [-0.25, -0.2) is 0 Å². The van der Waals surface area contributed by atoms with Gasteiger partial charge in [-0.2, -0.15) is 0 Å². The Morgan fingerprint density at radius 2 is 0.864 bits per heavy atom. The number of unbranched alkanes of at least 4 members (excludes halogenated alkanes) is 2. The molecule has 0 bridgehead atoms. The SMILES string of the molecule is CCCCc1c2ccccc2c(CCCC)c2ccccc12. The third-order valence-electron chi connectivity index (χ3n) is 4.72. The second kappa shape index (κ2) is 6.96. The summed E-state index contributed by atoms with van der Waals surface area (Å²) in [5, 5.41) is 5.89. The fourth-order valence-corrected chi connectivity index (χ4v) is 3.55. The molecule has 0 nitrogen and oxygen atoms in total. The van der Waals surface area contributed by atoms with Crippen LogP contribution in [0.3, 0.4) is 0 Å². The normalized spacial score (nSPS) is 11.4. The second-order valence-corrected chi connectivity index (χ2v) is 6.26. The van der Waals surface area contributed by atoms with Crippen LogP contribution < -0.4 is 0 Å². The summed E-state index contributed by atoms with van der Waals surface area (Å²) in [6.45, 7) is 4.56. The first-order valence-corrected chi connectivity index (χ1v) is 8.78. The smallest absolute Gasteiger partial charge is 0.0143 e. The maximum atomic E-state index is 2.32. The van der Waals surface area contributed by atoms with Crippen LogP contribution in [0.15, 0.2) is 48.5 Å². The van der Waals surface area contributed by atoms with Crippen LogP contribution in [-0.4, -0.2) is 0 Å². The summed E-state index contributed by atoms with van der Waals surface area (Å²) in [6.07, 6.45) is 7.40. The molecule has 3 aromatic rings. The van der Waals surface area contributed by atoms with Crippen LogP contribution in [0.5, 0.6) is 0 Å². The zero-order chi connectivity index (χ0) is 15.4. The average Bonchev–Trinajstić information content (AvgIpc) is 2.58. The topological polar surface area (TPSA) is 0 Å². The van der Waals surface area contributed by atoms with E-state index < -0.39 is 0 Å². The van der Waals surface area contributed by atoms with Crippen molar-refractivity contribution in [3.05, 3.63) is 59.7 Å². The molecule has 114 valence electrons. The first-order valence-electron chi connectivity index (χ1n) is 8.78. The van der Waals surface area contributed by atoms with Crippen LogP contribution in [0.25, 0.3) is 21.5 Å². The predicted molar refractivity (Wildman–Crippen MR) is 98.7 cm³/mol. The minimum Gasteiger partial charge on any atom is -0.0654 e. The fourth-order valence-electron chi connectivity index (χ4n) is 3.55. The number of aryl methyl sites for hydroxylation is 2. The van der Waals surface area contributed by atoms with E-state index in [2.05, 4.69) is 62.4 Å². The maximum Gasteiger partial charge on any atom is -0.0143 e. The molecule has 0 saturated carbocycles. The van der Waals surface area contributed by atoms with Crippen LogP contribution in [0.2, 0.25) is 0 Å². The first-order chi connectivity index (χ1) is 10.9. The van der Waals surface area contributed by atoms with Crippen molar-refractivity contribution in [3.8, 4) is 0 Å². The van der Waals surface area contributed by atoms with Crippen molar-refractivity contribution in [3.63, 3.8) is 0 Å². The molecule has 0 amide bonds. The quantitative estimate of drug-likeness (QED) is 0.444. The molecule has 3 rings (SSSR count). The van der Waals surface area contributed by atoms with Crippen LogP contribution in [0, 0.1) is 0 Å². The minimum atomic E-state index is 1.19. The molecule has 0 heterocycles. The third-order valence-corrected chi connectivity index (χ3v) is 4.72. The summed E-state index contributed by atoms with van der Waals surface area (Å²) in [4.78, 5) is 0. The van der Waals surface area contributed by atoms with Gasteiger partial charge in [0.25, 0.3) is 0 Å². The maximum absolute atomic E-state index is 2.32. The average molecular weight is 290 g/mol. The molecule has 22 heavy (non-hydrogen) atoms. The van der Waals surface area contributed by atoms with E-state index in [4.69, 9.17) is 0 Å². The van der Waals surface area contributed by atoms with Crippen LogP contribution in [-0.2, 0) is 12.8 Å². The zero-order valence-electron chi connectivity index (χ0n) is 13.9. The molecule has 0 spiro atoms. The largest absolute Gasteiger partial charge is 0.0654 e. The van der Waals surface area contributed by atoms with Crippen molar-refractivity contribution < 1.29 is 0 Å². The molecule has 0 heteroatoms. The number of rotatable bonds is 6. The first kappa shape index (κ1) is 15.1. The third kappa shape index (κ3) is 2.75. The van der Waals surface area contributed by atoms with Gasteiger partial charge in [0, 0.05) is 0 Å². The van der Waals surface area contributed by atoms with Gasteiger partial charge in [0.05, 0.1) is 0 Å². The van der Waals surface area contributed by atoms with Gasteiger partial charge in [-0.1, -0.05) is 75.2 Å². The summed E-state index contributed by atoms with van der Waals surface area (Å²) in [7, 11) is 0. The molecule has 3 aromatic carbocycles. The molecular formula is C22H26. The molecule has 0 aliphatic rings. The Labute approximate surface area is 134 Å². The summed E-state index contributed by atoms with van der Waals surface area (Å²) in [6, 6.07) is 18.0. The van der Waals surface area contributed by atoms with Crippen LogP contribution in [0.1, 0.15) is 50.7 Å². The van der Waals surface area contributed by atoms with Crippen molar-refractivity contribution in [2.75, 3.05) is 0 Å². The van der Waals surface area contributed by atoms with Gasteiger partial charge >= 0.3 is 0 Å². The van der Waals surface area contributed by atoms with Crippen molar-refractivity contribution >= 4 is 21.5 Å². The van der Waals surface area contributed by atoms with E-state index in [-0.39, 0.29) is 0 Å². The molecule has 0 aliphatic carbocycles. The number of hydrogen-bond acceptors (Lipinski definition) is 0. The van der Waals surface area contributed by atoms with E-state index in [0.717, 1.165) is 0 Å². The van der Waals surface area contributed by atoms with E-state index in [9.17, 15) is 0 Å². The van der Waals surface area contributed by atoms with Crippen molar-refractivity contribution in [1.29, 1.82) is 0 Å². The Morgan fingerprint density at radius 1 is 0.545 bits per heavy atom. The summed E-state index contributed by atoms with van der Waals surface area (Å²) in [5.41, 5.74) is 3.10. The lowest BCUT2D eigenvalue weighted by atomic mass is 9.88. The molecule has 0 N–H and O–H groups in total. The molecule has 0 saturated heterocycles. The summed E-state index contributed by atoms with van der Waals surface area (Å²) in [5.74, 6) is 0.